The van der Waals surface area contributed by atoms with Crippen LogP contribution in [-0.4, -0.2) is 73.0 Å². The zero-order valence-electron chi connectivity index (χ0n) is 12.5. The van der Waals surface area contributed by atoms with Gasteiger partial charge in [0.1, 0.15) is 0 Å². The summed E-state index contributed by atoms with van der Waals surface area (Å²) in [6.45, 7) is 2.00. The number of hydrogen-bond donors (Lipinski definition) is 4. The van der Waals surface area contributed by atoms with E-state index >= 15 is 0 Å². The smallest absolute Gasteiger partial charge is 0.0606 e. The summed E-state index contributed by atoms with van der Waals surface area (Å²) >= 11 is 0. The van der Waals surface area contributed by atoms with Gasteiger partial charge in [0.15, 0.2) is 0 Å². The third-order valence-corrected chi connectivity index (χ3v) is 3.06. The van der Waals surface area contributed by atoms with Gasteiger partial charge in [0, 0.05) is 37.6 Å². The Morgan fingerprint density at radius 1 is 0.545 bits per heavy atom. The second-order valence-electron chi connectivity index (χ2n) is 4.38. The molecule has 4 N–H and O–H groups in total. The van der Waals surface area contributed by atoms with Gasteiger partial charge in [-0.25, -0.2) is 0 Å². The van der Waals surface area contributed by atoms with Gasteiger partial charge in [-0.15, -0.1) is 24.8 Å². The van der Waals surface area contributed by atoms with Crippen LogP contribution in [0.15, 0.2) is 24.3 Å². The van der Waals surface area contributed by atoms with Crippen LogP contribution in [0.5, 0.6) is 0 Å². The third kappa shape index (κ3) is 7.49. The Bertz CT molecular complexity index is 321. The highest BCUT2D eigenvalue weighted by atomic mass is 35.5. The first-order chi connectivity index (χ1) is 9.76. The van der Waals surface area contributed by atoms with Crippen LogP contribution in [0.25, 0.3) is 0 Å². The van der Waals surface area contributed by atoms with E-state index in [1.165, 1.54) is 0 Å². The topological polar surface area (TPSA) is 87.4 Å². The predicted octanol–water partition coefficient (Wildman–Crippen LogP) is 0.112. The molecule has 0 amide bonds. The van der Waals surface area contributed by atoms with E-state index in [1.54, 1.807) is 0 Å². The minimum Gasteiger partial charge on any atom is -0.395 e. The first-order valence-corrected chi connectivity index (χ1v) is 6.80. The van der Waals surface area contributed by atoms with Gasteiger partial charge in [-0.1, -0.05) is 0 Å². The quantitative estimate of drug-likeness (QED) is 0.476. The maximum absolute atomic E-state index is 9.02. The molecule has 0 aromatic heterocycles. The van der Waals surface area contributed by atoms with Crippen molar-refractivity contribution in [3.8, 4) is 0 Å². The fourth-order valence-corrected chi connectivity index (χ4v) is 2.10. The largest absolute Gasteiger partial charge is 0.395 e. The Kier molecular flexibility index (Phi) is 14.8. The van der Waals surface area contributed by atoms with Gasteiger partial charge in [0.2, 0.25) is 0 Å². The highest BCUT2D eigenvalue weighted by Crippen LogP contribution is 2.20. The van der Waals surface area contributed by atoms with Crippen molar-refractivity contribution in [3.05, 3.63) is 24.3 Å². The molecule has 22 heavy (non-hydrogen) atoms. The Morgan fingerprint density at radius 3 is 0.955 bits per heavy atom. The Balaban J connectivity index is 0. The molecule has 0 radical (unpaired) electrons. The molecule has 6 nitrogen and oxygen atoms in total. The highest BCUT2D eigenvalue weighted by Gasteiger charge is 2.08. The van der Waals surface area contributed by atoms with Crippen LogP contribution in [0.2, 0.25) is 0 Å². The molecule has 0 unspecified atom stereocenters. The molecule has 0 heterocycles. The van der Waals surface area contributed by atoms with Gasteiger partial charge in [0.25, 0.3) is 0 Å². The van der Waals surface area contributed by atoms with E-state index in [0.717, 1.165) is 11.4 Å². The van der Waals surface area contributed by atoms with Crippen LogP contribution in [0.1, 0.15) is 0 Å². The van der Waals surface area contributed by atoms with Crippen molar-refractivity contribution in [2.45, 2.75) is 0 Å². The SMILES string of the molecule is Cl.Cl.OCCN(CCO)c1ccc(N(CCO)CCO)cc1. The van der Waals surface area contributed by atoms with Crippen molar-refractivity contribution < 1.29 is 20.4 Å². The molecule has 0 bridgehead atoms. The summed E-state index contributed by atoms with van der Waals surface area (Å²) in [6, 6.07) is 7.62. The van der Waals surface area contributed by atoms with Gasteiger partial charge < -0.3 is 30.2 Å². The number of nitrogens with zero attached hydrogens (tertiary/aromatic N) is 2. The third-order valence-electron chi connectivity index (χ3n) is 3.06. The number of benzene rings is 1. The van der Waals surface area contributed by atoms with Gasteiger partial charge in [0.05, 0.1) is 26.4 Å². The molecule has 0 aliphatic carbocycles. The minimum absolute atomic E-state index is 0. The van der Waals surface area contributed by atoms with Crippen molar-refractivity contribution in [3.63, 3.8) is 0 Å². The van der Waals surface area contributed by atoms with Crippen molar-refractivity contribution in [2.75, 3.05) is 62.4 Å². The summed E-state index contributed by atoms with van der Waals surface area (Å²) in [7, 11) is 0. The zero-order valence-corrected chi connectivity index (χ0v) is 14.1. The Labute approximate surface area is 143 Å². The maximum atomic E-state index is 9.02. The van der Waals surface area contributed by atoms with Crippen molar-refractivity contribution in [2.24, 2.45) is 0 Å². The highest BCUT2D eigenvalue weighted by molar-refractivity contribution is 5.85. The standard InChI is InChI=1S/C14H24N2O4.2ClH/c17-9-5-15(6-10-18)13-1-2-14(4-3-13)16(7-11-19)8-12-20;;/h1-4,17-20H,5-12H2;2*1H. The number of hydrogen-bond acceptors (Lipinski definition) is 6. The van der Waals surface area contributed by atoms with E-state index in [1.807, 2.05) is 34.1 Å². The molecule has 1 aromatic rings. The van der Waals surface area contributed by atoms with E-state index in [-0.39, 0.29) is 51.2 Å². The number of anilines is 2. The molecule has 0 aliphatic rings. The van der Waals surface area contributed by atoms with Crippen LogP contribution < -0.4 is 9.80 Å². The van der Waals surface area contributed by atoms with E-state index < -0.39 is 0 Å². The normalized spacial score (nSPS) is 9.64. The van der Waals surface area contributed by atoms with E-state index in [2.05, 4.69) is 0 Å². The molecule has 0 fully saturated rings. The molecule has 8 heteroatoms. The van der Waals surface area contributed by atoms with E-state index in [9.17, 15) is 0 Å². The molecule has 1 rings (SSSR count). The average molecular weight is 357 g/mol. The lowest BCUT2D eigenvalue weighted by Crippen LogP contribution is -2.31. The van der Waals surface area contributed by atoms with Crippen molar-refractivity contribution >= 4 is 36.2 Å². The average Bonchev–Trinajstić information content (AvgIpc) is 2.47. The molecule has 0 saturated carbocycles. The lowest BCUT2D eigenvalue weighted by atomic mass is 10.2. The molecular formula is C14H26Cl2N2O4. The summed E-state index contributed by atoms with van der Waals surface area (Å²) in [5.74, 6) is 0. The number of aliphatic hydroxyl groups excluding tert-OH is 4. The molecule has 0 aliphatic heterocycles. The fraction of sp³-hybridized carbons (Fsp3) is 0.571. The van der Waals surface area contributed by atoms with Crippen molar-refractivity contribution in [1.82, 2.24) is 0 Å². The molecule has 0 atom stereocenters. The minimum atomic E-state index is 0. The molecule has 0 spiro atoms. The predicted molar refractivity (Wildman–Crippen MR) is 93.7 cm³/mol. The maximum Gasteiger partial charge on any atom is 0.0606 e. The number of rotatable bonds is 10. The number of halogens is 2. The van der Waals surface area contributed by atoms with Gasteiger partial charge in [-0.3, -0.25) is 0 Å². The Hall–Kier alpha value is -0.760. The zero-order chi connectivity index (χ0) is 14.8. The lowest BCUT2D eigenvalue weighted by Gasteiger charge is -2.26. The number of aliphatic hydroxyl groups is 4. The first-order valence-electron chi connectivity index (χ1n) is 6.80. The van der Waals surface area contributed by atoms with Gasteiger partial charge >= 0.3 is 0 Å². The van der Waals surface area contributed by atoms with E-state index in [4.69, 9.17) is 20.4 Å². The fourth-order valence-electron chi connectivity index (χ4n) is 2.10. The van der Waals surface area contributed by atoms with Crippen LogP contribution in [0.3, 0.4) is 0 Å². The van der Waals surface area contributed by atoms with Crippen LogP contribution in [0, 0.1) is 0 Å². The second-order valence-corrected chi connectivity index (χ2v) is 4.38. The first kappa shape index (κ1) is 23.5. The molecule has 130 valence electrons. The summed E-state index contributed by atoms with van der Waals surface area (Å²) in [5.41, 5.74) is 1.84. The van der Waals surface area contributed by atoms with Gasteiger partial charge in [-0.2, -0.15) is 0 Å². The van der Waals surface area contributed by atoms with Crippen LogP contribution >= 0.6 is 24.8 Å². The summed E-state index contributed by atoms with van der Waals surface area (Å²) in [6.07, 6.45) is 0. The molecule has 0 saturated heterocycles. The summed E-state index contributed by atoms with van der Waals surface area (Å²) in [4.78, 5) is 3.79. The van der Waals surface area contributed by atoms with E-state index in [0.29, 0.717) is 26.2 Å². The summed E-state index contributed by atoms with van der Waals surface area (Å²) in [5, 5.41) is 36.1. The monoisotopic (exact) mass is 356 g/mol. The second kappa shape index (κ2) is 13.9. The Morgan fingerprint density at radius 2 is 0.773 bits per heavy atom. The van der Waals surface area contributed by atoms with Crippen molar-refractivity contribution in [1.29, 1.82) is 0 Å². The van der Waals surface area contributed by atoms with Crippen LogP contribution in [-0.2, 0) is 0 Å². The summed E-state index contributed by atoms with van der Waals surface area (Å²) < 4.78 is 0. The van der Waals surface area contributed by atoms with Gasteiger partial charge in [-0.05, 0) is 24.3 Å². The molecule has 1 aromatic carbocycles. The molecular weight excluding hydrogens is 331 g/mol. The van der Waals surface area contributed by atoms with Crippen LogP contribution in [0.4, 0.5) is 11.4 Å². The lowest BCUT2D eigenvalue weighted by molar-refractivity contribution is 0.280.